The van der Waals surface area contributed by atoms with Crippen molar-refractivity contribution < 1.29 is 0 Å². The Labute approximate surface area is 89.3 Å². The third-order valence-electron chi connectivity index (χ3n) is 3.62. The first-order valence-electron chi connectivity index (χ1n) is 6.17. The van der Waals surface area contributed by atoms with Gasteiger partial charge in [-0.25, -0.2) is 0 Å². The van der Waals surface area contributed by atoms with Gasteiger partial charge in [-0.05, 0) is 45.4 Å². The summed E-state index contributed by atoms with van der Waals surface area (Å²) in [5, 5.41) is 0. The van der Waals surface area contributed by atoms with Crippen molar-refractivity contribution in [3.05, 3.63) is 0 Å². The molecule has 2 nitrogen and oxygen atoms in total. The molecular weight excluding hydrogens is 172 g/mol. The third kappa shape index (κ3) is 3.97. The van der Waals surface area contributed by atoms with E-state index in [1.165, 1.54) is 52.0 Å². The molecule has 84 valence electrons. The van der Waals surface area contributed by atoms with Crippen molar-refractivity contribution in [2.45, 2.75) is 33.1 Å². The summed E-state index contributed by atoms with van der Waals surface area (Å²) in [5.41, 5.74) is 0. The molecule has 0 aromatic carbocycles. The standard InChI is InChI=1S/C12H26N2/c1-4-12-6-8-14(9-7-12)11-10-13(3)5-2/h12H,4-11H2,1-3H3. The minimum absolute atomic E-state index is 1.01. The van der Waals surface area contributed by atoms with E-state index >= 15 is 0 Å². The molecule has 1 fully saturated rings. The van der Waals surface area contributed by atoms with Crippen molar-refractivity contribution >= 4 is 0 Å². The van der Waals surface area contributed by atoms with E-state index in [2.05, 4.69) is 30.7 Å². The zero-order valence-electron chi connectivity index (χ0n) is 10.1. The minimum atomic E-state index is 1.01. The lowest BCUT2D eigenvalue weighted by Crippen LogP contribution is -2.38. The molecule has 0 radical (unpaired) electrons. The number of rotatable bonds is 5. The molecule has 1 aliphatic rings. The number of hydrogen-bond acceptors (Lipinski definition) is 2. The minimum Gasteiger partial charge on any atom is -0.305 e. The van der Waals surface area contributed by atoms with Crippen LogP contribution in [0.4, 0.5) is 0 Å². The maximum Gasteiger partial charge on any atom is 0.0109 e. The van der Waals surface area contributed by atoms with Gasteiger partial charge in [-0.3, -0.25) is 0 Å². The normalized spacial score (nSPS) is 20.6. The maximum atomic E-state index is 2.62. The molecule has 0 atom stereocenters. The number of likely N-dealkylation sites (tertiary alicyclic amines) is 1. The van der Waals surface area contributed by atoms with Gasteiger partial charge in [0.2, 0.25) is 0 Å². The average Bonchev–Trinajstić information content (AvgIpc) is 2.26. The van der Waals surface area contributed by atoms with Crippen molar-refractivity contribution in [3.63, 3.8) is 0 Å². The van der Waals surface area contributed by atoms with E-state index in [4.69, 9.17) is 0 Å². The van der Waals surface area contributed by atoms with Crippen LogP contribution >= 0.6 is 0 Å². The van der Waals surface area contributed by atoms with Crippen LogP contribution in [0, 0.1) is 5.92 Å². The number of piperidine rings is 1. The van der Waals surface area contributed by atoms with Gasteiger partial charge in [0.15, 0.2) is 0 Å². The highest BCUT2D eigenvalue weighted by Gasteiger charge is 2.17. The zero-order chi connectivity index (χ0) is 10.4. The first-order chi connectivity index (χ1) is 6.76. The summed E-state index contributed by atoms with van der Waals surface area (Å²) in [6, 6.07) is 0. The van der Waals surface area contributed by atoms with Crippen LogP contribution in [0.2, 0.25) is 0 Å². The van der Waals surface area contributed by atoms with Gasteiger partial charge in [0.1, 0.15) is 0 Å². The topological polar surface area (TPSA) is 6.48 Å². The SMILES string of the molecule is CCC1CCN(CCN(C)CC)CC1. The summed E-state index contributed by atoms with van der Waals surface area (Å²) >= 11 is 0. The van der Waals surface area contributed by atoms with E-state index in [9.17, 15) is 0 Å². The van der Waals surface area contributed by atoms with E-state index in [0.29, 0.717) is 0 Å². The molecular formula is C12H26N2. The van der Waals surface area contributed by atoms with Crippen molar-refractivity contribution in [2.75, 3.05) is 39.8 Å². The van der Waals surface area contributed by atoms with Crippen LogP contribution in [0.5, 0.6) is 0 Å². The predicted molar refractivity (Wildman–Crippen MR) is 62.6 cm³/mol. The van der Waals surface area contributed by atoms with Gasteiger partial charge in [-0.15, -0.1) is 0 Å². The third-order valence-corrected chi connectivity index (χ3v) is 3.62. The van der Waals surface area contributed by atoms with Gasteiger partial charge in [-0.2, -0.15) is 0 Å². The molecule has 0 spiro atoms. The highest BCUT2D eigenvalue weighted by Crippen LogP contribution is 2.19. The van der Waals surface area contributed by atoms with Crippen LogP contribution in [0.3, 0.4) is 0 Å². The first-order valence-corrected chi connectivity index (χ1v) is 6.17. The smallest absolute Gasteiger partial charge is 0.0109 e. The van der Waals surface area contributed by atoms with Crippen molar-refractivity contribution in [1.29, 1.82) is 0 Å². The highest BCUT2D eigenvalue weighted by molar-refractivity contribution is 4.71. The number of nitrogens with zero attached hydrogens (tertiary/aromatic N) is 2. The Morgan fingerprint density at radius 3 is 2.36 bits per heavy atom. The lowest BCUT2D eigenvalue weighted by molar-refractivity contribution is 0.164. The molecule has 1 saturated heterocycles. The fraction of sp³-hybridized carbons (Fsp3) is 1.00. The molecule has 0 saturated carbocycles. The zero-order valence-corrected chi connectivity index (χ0v) is 10.1. The van der Waals surface area contributed by atoms with E-state index < -0.39 is 0 Å². The van der Waals surface area contributed by atoms with Crippen LogP contribution in [-0.4, -0.2) is 49.6 Å². The van der Waals surface area contributed by atoms with Crippen molar-refractivity contribution in [2.24, 2.45) is 5.92 Å². The summed E-state index contributed by atoms with van der Waals surface area (Å²) in [5.74, 6) is 1.01. The molecule has 0 aromatic heterocycles. The van der Waals surface area contributed by atoms with Crippen LogP contribution in [0.1, 0.15) is 33.1 Å². The lowest BCUT2D eigenvalue weighted by atomic mass is 9.94. The molecule has 1 rings (SSSR count). The van der Waals surface area contributed by atoms with Crippen molar-refractivity contribution in [1.82, 2.24) is 9.80 Å². The molecule has 2 heteroatoms. The Balaban J connectivity index is 2.10. The Hall–Kier alpha value is -0.0800. The van der Waals surface area contributed by atoms with E-state index in [1.54, 1.807) is 0 Å². The predicted octanol–water partition coefficient (Wildman–Crippen LogP) is 2.06. The molecule has 1 aliphatic heterocycles. The van der Waals surface area contributed by atoms with Gasteiger partial charge >= 0.3 is 0 Å². The number of hydrogen-bond donors (Lipinski definition) is 0. The summed E-state index contributed by atoms with van der Waals surface area (Å²) in [6.45, 7) is 10.9. The molecule has 0 aromatic rings. The maximum absolute atomic E-state index is 2.62. The molecule has 0 aliphatic carbocycles. The summed E-state index contributed by atoms with van der Waals surface area (Å²) in [7, 11) is 2.21. The van der Waals surface area contributed by atoms with Crippen molar-refractivity contribution in [3.8, 4) is 0 Å². The molecule has 1 heterocycles. The molecule has 0 bridgehead atoms. The van der Waals surface area contributed by atoms with Gasteiger partial charge in [0, 0.05) is 13.1 Å². The summed E-state index contributed by atoms with van der Waals surface area (Å²) < 4.78 is 0. The fourth-order valence-electron chi connectivity index (χ4n) is 2.09. The molecule has 0 N–H and O–H groups in total. The average molecular weight is 198 g/mol. The second-order valence-corrected chi connectivity index (χ2v) is 4.59. The van der Waals surface area contributed by atoms with E-state index in [1.807, 2.05) is 0 Å². The Morgan fingerprint density at radius 1 is 1.21 bits per heavy atom. The van der Waals surface area contributed by atoms with Gasteiger partial charge in [-0.1, -0.05) is 20.3 Å². The summed E-state index contributed by atoms with van der Waals surface area (Å²) in [4.78, 5) is 5.02. The fourth-order valence-corrected chi connectivity index (χ4v) is 2.09. The largest absolute Gasteiger partial charge is 0.305 e. The van der Waals surface area contributed by atoms with Gasteiger partial charge < -0.3 is 9.80 Å². The second-order valence-electron chi connectivity index (χ2n) is 4.59. The second kappa shape index (κ2) is 6.41. The molecule has 14 heavy (non-hydrogen) atoms. The molecule has 0 unspecified atom stereocenters. The van der Waals surface area contributed by atoms with Crippen LogP contribution in [0.15, 0.2) is 0 Å². The van der Waals surface area contributed by atoms with Crippen LogP contribution in [0.25, 0.3) is 0 Å². The lowest BCUT2D eigenvalue weighted by Gasteiger charge is -2.32. The van der Waals surface area contributed by atoms with Gasteiger partial charge in [0.05, 0.1) is 0 Å². The monoisotopic (exact) mass is 198 g/mol. The van der Waals surface area contributed by atoms with Crippen LogP contribution in [-0.2, 0) is 0 Å². The van der Waals surface area contributed by atoms with Crippen LogP contribution < -0.4 is 0 Å². The first kappa shape index (κ1) is 12.0. The Kier molecular flexibility index (Phi) is 5.49. The highest BCUT2D eigenvalue weighted by atomic mass is 15.2. The molecule has 0 amide bonds. The van der Waals surface area contributed by atoms with E-state index in [0.717, 1.165) is 5.92 Å². The Morgan fingerprint density at radius 2 is 1.86 bits per heavy atom. The quantitative estimate of drug-likeness (QED) is 0.667. The Bertz CT molecular complexity index is 139. The summed E-state index contributed by atoms with van der Waals surface area (Å²) in [6.07, 6.45) is 4.22. The van der Waals surface area contributed by atoms with E-state index in [-0.39, 0.29) is 0 Å². The number of likely N-dealkylation sites (N-methyl/N-ethyl adjacent to an activating group) is 1. The van der Waals surface area contributed by atoms with Gasteiger partial charge in [0.25, 0.3) is 0 Å².